The van der Waals surface area contributed by atoms with E-state index < -0.39 is 0 Å². The number of carbonyl (C=O) groups is 1. The zero-order chi connectivity index (χ0) is 9.10. The van der Waals surface area contributed by atoms with Crippen molar-refractivity contribution in [1.29, 1.82) is 0 Å². The number of Topliss-reactive ketones (excluding diaryl/α,β-unsaturated/α-hetero) is 1. The van der Waals surface area contributed by atoms with Crippen LogP contribution < -0.4 is 0 Å². The Bertz CT molecular complexity index is 273. The first-order valence-corrected chi connectivity index (χ1v) is 4.63. The van der Waals surface area contributed by atoms with Crippen LogP contribution in [-0.2, 0) is 4.74 Å². The number of hydrogen-bond donors (Lipinski definition) is 1. The number of rotatable bonds is 2. The fourth-order valence-electron chi connectivity index (χ4n) is 1.65. The molecule has 0 aliphatic carbocycles. The fraction of sp³-hybridized carbons (Fsp3) is 0.500. The Labute approximate surface area is 77.1 Å². The van der Waals surface area contributed by atoms with Crippen molar-refractivity contribution < 1.29 is 9.53 Å². The predicted molar refractivity (Wildman–Crippen MR) is 48.7 cm³/mol. The summed E-state index contributed by atoms with van der Waals surface area (Å²) in [5.74, 6) is 0.247. The normalized spacial score (nSPS) is 22.9. The molecule has 1 N–H and O–H groups in total. The van der Waals surface area contributed by atoms with Gasteiger partial charge in [0.25, 0.3) is 0 Å². The van der Waals surface area contributed by atoms with E-state index in [0.29, 0.717) is 12.3 Å². The topological polar surface area (TPSA) is 42.1 Å². The van der Waals surface area contributed by atoms with Gasteiger partial charge in [0.1, 0.15) is 0 Å². The average molecular weight is 179 g/mol. The highest BCUT2D eigenvalue weighted by Crippen LogP contribution is 2.17. The molecule has 1 saturated heterocycles. The van der Waals surface area contributed by atoms with Gasteiger partial charge < -0.3 is 9.72 Å². The van der Waals surface area contributed by atoms with Crippen molar-refractivity contribution in [2.75, 3.05) is 13.2 Å². The van der Waals surface area contributed by atoms with Gasteiger partial charge in [-0.15, -0.1) is 0 Å². The Morgan fingerprint density at radius 3 is 3.15 bits per heavy atom. The molecule has 1 unspecified atom stereocenters. The van der Waals surface area contributed by atoms with Crippen LogP contribution in [0.15, 0.2) is 18.3 Å². The average Bonchev–Trinajstić information content (AvgIpc) is 2.71. The molecule has 3 nitrogen and oxygen atoms in total. The standard InChI is InChI=1S/C10H13NO2/c12-10(9-4-1-5-11-9)8-3-2-6-13-7-8/h1,4-5,8,11H,2-3,6-7H2. The SMILES string of the molecule is O=C(c1ccc[nH]1)C1CCCOC1. The highest BCUT2D eigenvalue weighted by molar-refractivity contribution is 5.96. The number of ketones is 1. The van der Waals surface area contributed by atoms with Gasteiger partial charge in [0, 0.05) is 18.7 Å². The molecule has 1 aromatic heterocycles. The van der Waals surface area contributed by atoms with Crippen molar-refractivity contribution in [3.63, 3.8) is 0 Å². The van der Waals surface area contributed by atoms with Crippen molar-refractivity contribution in [3.05, 3.63) is 24.0 Å². The zero-order valence-corrected chi connectivity index (χ0v) is 7.45. The van der Waals surface area contributed by atoms with E-state index in [-0.39, 0.29) is 11.7 Å². The lowest BCUT2D eigenvalue weighted by Crippen LogP contribution is -2.25. The number of H-pyrrole nitrogens is 1. The van der Waals surface area contributed by atoms with Gasteiger partial charge in [-0.25, -0.2) is 0 Å². The molecule has 13 heavy (non-hydrogen) atoms. The van der Waals surface area contributed by atoms with Crippen LogP contribution in [0.3, 0.4) is 0 Å². The van der Waals surface area contributed by atoms with E-state index in [1.165, 1.54) is 0 Å². The molecule has 1 atom stereocenters. The van der Waals surface area contributed by atoms with Gasteiger partial charge >= 0.3 is 0 Å². The second-order valence-electron chi connectivity index (χ2n) is 3.36. The van der Waals surface area contributed by atoms with E-state index >= 15 is 0 Å². The number of hydrogen-bond acceptors (Lipinski definition) is 2. The van der Waals surface area contributed by atoms with Crippen molar-refractivity contribution >= 4 is 5.78 Å². The molecule has 1 aliphatic heterocycles. The van der Waals surface area contributed by atoms with Crippen molar-refractivity contribution in [1.82, 2.24) is 4.98 Å². The Morgan fingerprint density at radius 1 is 1.62 bits per heavy atom. The Balaban J connectivity index is 2.04. The lowest BCUT2D eigenvalue weighted by atomic mass is 9.96. The number of aromatic amines is 1. The summed E-state index contributed by atoms with van der Waals surface area (Å²) in [5, 5.41) is 0. The lowest BCUT2D eigenvalue weighted by Gasteiger charge is -2.20. The number of nitrogens with one attached hydrogen (secondary N) is 1. The molecule has 1 fully saturated rings. The lowest BCUT2D eigenvalue weighted by molar-refractivity contribution is 0.0458. The van der Waals surface area contributed by atoms with Crippen LogP contribution in [0.5, 0.6) is 0 Å². The molecule has 0 aromatic carbocycles. The smallest absolute Gasteiger partial charge is 0.184 e. The van der Waals surface area contributed by atoms with Crippen molar-refractivity contribution in [2.45, 2.75) is 12.8 Å². The summed E-state index contributed by atoms with van der Waals surface area (Å²) in [6, 6.07) is 3.66. The molecule has 0 bridgehead atoms. The van der Waals surface area contributed by atoms with Crippen LogP contribution >= 0.6 is 0 Å². The maximum atomic E-state index is 11.7. The van der Waals surface area contributed by atoms with Gasteiger partial charge in [0.05, 0.1) is 12.3 Å². The van der Waals surface area contributed by atoms with Gasteiger partial charge in [-0.05, 0) is 25.0 Å². The Morgan fingerprint density at radius 2 is 2.54 bits per heavy atom. The molecule has 0 saturated carbocycles. The van der Waals surface area contributed by atoms with Crippen LogP contribution in [0.2, 0.25) is 0 Å². The zero-order valence-electron chi connectivity index (χ0n) is 7.45. The minimum absolute atomic E-state index is 0.0624. The van der Waals surface area contributed by atoms with Crippen LogP contribution in [0.1, 0.15) is 23.3 Å². The first-order valence-electron chi connectivity index (χ1n) is 4.63. The second kappa shape index (κ2) is 3.75. The molecule has 70 valence electrons. The van der Waals surface area contributed by atoms with E-state index in [2.05, 4.69) is 4.98 Å². The van der Waals surface area contributed by atoms with Gasteiger partial charge in [0.15, 0.2) is 5.78 Å². The quantitative estimate of drug-likeness (QED) is 0.701. The minimum Gasteiger partial charge on any atom is -0.381 e. The highest BCUT2D eigenvalue weighted by Gasteiger charge is 2.23. The molecule has 0 spiro atoms. The number of carbonyl (C=O) groups excluding carboxylic acids is 1. The predicted octanol–water partition coefficient (Wildman–Crippen LogP) is 1.62. The molecular weight excluding hydrogens is 166 g/mol. The third-order valence-corrected chi connectivity index (χ3v) is 2.39. The summed E-state index contributed by atoms with van der Waals surface area (Å²) in [4.78, 5) is 14.7. The molecule has 3 heteroatoms. The summed E-state index contributed by atoms with van der Waals surface area (Å²) in [6.45, 7) is 1.38. The van der Waals surface area contributed by atoms with E-state index in [1.54, 1.807) is 6.20 Å². The maximum Gasteiger partial charge on any atom is 0.184 e. The van der Waals surface area contributed by atoms with Crippen molar-refractivity contribution in [2.24, 2.45) is 5.92 Å². The Kier molecular flexibility index (Phi) is 2.45. The van der Waals surface area contributed by atoms with Gasteiger partial charge in [0.2, 0.25) is 0 Å². The first-order chi connectivity index (χ1) is 6.38. The summed E-state index contributed by atoms with van der Waals surface area (Å²) < 4.78 is 5.27. The molecule has 2 heterocycles. The Hall–Kier alpha value is -1.09. The molecular formula is C10H13NO2. The minimum atomic E-state index is 0.0624. The maximum absolute atomic E-state index is 11.7. The molecule has 0 radical (unpaired) electrons. The van der Waals surface area contributed by atoms with Crippen LogP contribution in [0.25, 0.3) is 0 Å². The van der Waals surface area contributed by atoms with E-state index in [1.807, 2.05) is 12.1 Å². The highest BCUT2D eigenvalue weighted by atomic mass is 16.5. The van der Waals surface area contributed by atoms with E-state index in [0.717, 1.165) is 19.4 Å². The third kappa shape index (κ3) is 1.80. The third-order valence-electron chi connectivity index (χ3n) is 2.39. The first kappa shape index (κ1) is 8.51. The second-order valence-corrected chi connectivity index (χ2v) is 3.36. The van der Waals surface area contributed by atoms with Gasteiger partial charge in [-0.2, -0.15) is 0 Å². The summed E-state index contributed by atoms with van der Waals surface area (Å²) >= 11 is 0. The largest absolute Gasteiger partial charge is 0.381 e. The van der Waals surface area contributed by atoms with Crippen LogP contribution in [0, 0.1) is 5.92 Å². The fourth-order valence-corrected chi connectivity index (χ4v) is 1.65. The van der Waals surface area contributed by atoms with Gasteiger partial charge in [-0.1, -0.05) is 0 Å². The van der Waals surface area contributed by atoms with Crippen LogP contribution in [-0.4, -0.2) is 24.0 Å². The monoisotopic (exact) mass is 179 g/mol. The summed E-state index contributed by atoms with van der Waals surface area (Å²) in [6.07, 6.45) is 3.73. The molecule has 1 aromatic rings. The molecule has 1 aliphatic rings. The van der Waals surface area contributed by atoms with Gasteiger partial charge in [-0.3, -0.25) is 4.79 Å². The van der Waals surface area contributed by atoms with E-state index in [9.17, 15) is 4.79 Å². The summed E-state index contributed by atoms with van der Waals surface area (Å²) in [7, 11) is 0. The molecule has 0 amide bonds. The summed E-state index contributed by atoms with van der Waals surface area (Å²) in [5.41, 5.74) is 0.704. The van der Waals surface area contributed by atoms with E-state index in [4.69, 9.17) is 4.74 Å². The number of aromatic nitrogens is 1. The van der Waals surface area contributed by atoms with Crippen LogP contribution in [0.4, 0.5) is 0 Å². The number of ether oxygens (including phenoxy) is 1. The molecule has 2 rings (SSSR count). The van der Waals surface area contributed by atoms with Crippen molar-refractivity contribution in [3.8, 4) is 0 Å².